The molecule has 0 bridgehead atoms. The molecule has 1 unspecified atom stereocenters. The van der Waals surface area contributed by atoms with E-state index >= 15 is 0 Å². The first-order chi connectivity index (χ1) is 9.47. The predicted molar refractivity (Wildman–Crippen MR) is 85.6 cm³/mol. The summed E-state index contributed by atoms with van der Waals surface area (Å²) in [5.74, 6) is -0.131. The van der Waals surface area contributed by atoms with Gasteiger partial charge in [-0.05, 0) is 43.2 Å². The van der Waals surface area contributed by atoms with E-state index in [4.69, 9.17) is 5.73 Å². The summed E-state index contributed by atoms with van der Waals surface area (Å²) in [5.41, 5.74) is 9.15. The van der Waals surface area contributed by atoms with Crippen LogP contribution in [-0.4, -0.2) is 5.91 Å². The third-order valence-electron chi connectivity index (χ3n) is 3.18. The Balaban J connectivity index is 2.17. The van der Waals surface area contributed by atoms with Gasteiger partial charge in [-0.25, -0.2) is 0 Å². The smallest absolute Gasteiger partial charge is 0.251 e. The molecule has 2 aromatic rings. The summed E-state index contributed by atoms with van der Waals surface area (Å²) in [6.07, 6.45) is 0. The molecule has 20 heavy (non-hydrogen) atoms. The molecule has 0 saturated heterocycles. The lowest BCUT2D eigenvalue weighted by molar-refractivity contribution is 0.0940. The van der Waals surface area contributed by atoms with E-state index in [2.05, 4.69) is 21.2 Å². The van der Waals surface area contributed by atoms with E-state index < -0.39 is 0 Å². The Kier molecular flexibility index (Phi) is 4.45. The zero-order valence-corrected chi connectivity index (χ0v) is 13.1. The van der Waals surface area contributed by atoms with Gasteiger partial charge >= 0.3 is 0 Å². The van der Waals surface area contributed by atoms with Crippen molar-refractivity contribution in [3.8, 4) is 0 Å². The van der Waals surface area contributed by atoms with Gasteiger partial charge in [-0.3, -0.25) is 4.79 Å². The highest BCUT2D eigenvalue weighted by Gasteiger charge is 2.13. The lowest BCUT2D eigenvalue weighted by atomic mass is 10.0. The molecular weight excluding hydrogens is 316 g/mol. The third-order valence-corrected chi connectivity index (χ3v) is 3.64. The number of nitrogen functional groups attached to an aromatic ring is 1. The van der Waals surface area contributed by atoms with Crippen LogP contribution in [0.1, 0.15) is 34.5 Å². The van der Waals surface area contributed by atoms with Crippen molar-refractivity contribution in [1.82, 2.24) is 5.32 Å². The van der Waals surface area contributed by atoms with E-state index in [-0.39, 0.29) is 11.9 Å². The minimum absolute atomic E-state index is 0.0519. The van der Waals surface area contributed by atoms with Gasteiger partial charge in [-0.1, -0.05) is 40.2 Å². The number of hydrogen-bond acceptors (Lipinski definition) is 2. The molecule has 3 nitrogen and oxygen atoms in total. The highest BCUT2D eigenvalue weighted by molar-refractivity contribution is 9.10. The summed E-state index contributed by atoms with van der Waals surface area (Å²) in [4.78, 5) is 12.3. The first-order valence-corrected chi connectivity index (χ1v) is 7.19. The Morgan fingerprint density at radius 2 is 1.95 bits per heavy atom. The Hall–Kier alpha value is -1.81. The number of carbonyl (C=O) groups excluding carboxylic acids is 1. The number of benzene rings is 2. The summed E-state index contributed by atoms with van der Waals surface area (Å²) < 4.78 is 0.797. The zero-order valence-electron chi connectivity index (χ0n) is 11.5. The van der Waals surface area contributed by atoms with Crippen LogP contribution in [0.15, 0.2) is 46.9 Å². The molecule has 0 heterocycles. The molecule has 2 rings (SSSR count). The second kappa shape index (κ2) is 6.09. The molecule has 0 radical (unpaired) electrons. The van der Waals surface area contributed by atoms with Crippen molar-refractivity contribution in [3.05, 3.63) is 63.6 Å². The average molecular weight is 333 g/mol. The molecule has 0 spiro atoms. The van der Waals surface area contributed by atoms with Crippen molar-refractivity contribution < 1.29 is 4.79 Å². The van der Waals surface area contributed by atoms with Crippen molar-refractivity contribution in [2.75, 3.05) is 5.73 Å². The van der Waals surface area contributed by atoms with Crippen LogP contribution in [0.2, 0.25) is 0 Å². The highest BCUT2D eigenvalue weighted by Crippen LogP contribution is 2.20. The molecule has 0 aliphatic heterocycles. The number of nitrogens with one attached hydrogen (secondary N) is 1. The SMILES string of the molecule is Cc1ccccc1C(C)NC(=O)c1cc(N)cc(Br)c1. The van der Waals surface area contributed by atoms with E-state index in [1.165, 1.54) is 0 Å². The summed E-state index contributed by atoms with van der Waals surface area (Å²) >= 11 is 3.34. The maximum Gasteiger partial charge on any atom is 0.251 e. The molecule has 0 fully saturated rings. The van der Waals surface area contributed by atoms with Gasteiger partial charge in [-0.15, -0.1) is 0 Å². The molecule has 0 aliphatic carbocycles. The van der Waals surface area contributed by atoms with Gasteiger partial charge in [-0.2, -0.15) is 0 Å². The fourth-order valence-corrected chi connectivity index (χ4v) is 2.68. The van der Waals surface area contributed by atoms with Gasteiger partial charge in [0.15, 0.2) is 0 Å². The number of halogens is 1. The van der Waals surface area contributed by atoms with Crippen LogP contribution in [0.3, 0.4) is 0 Å². The number of carbonyl (C=O) groups is 1. The molecule has 1 atom stereocenters. The number of rotatable bonds is 3. The fraction of sp³-hybridized carbons (Fsp3) is 0.188. The largest absolute Gasteiger partial charge is 0.399 e. The fourth-order valence-electron chi connectivity index (χ4n) is 2.17. The number of amides is 1. The number of aryl methyl sites for hydroxylation is 1. The summed E-state index contributed by atoms with van der Waals surface area (Å²) in [6, 6.07) is 13.2. The van der Waals surface area contributed by atoms with Crippen LogP contribution in [0.25, 0.3) is 0 Å². The third kappa shape index (κ3) is 3.39. The van der Waals surface area contributed by atoms with Crippen molar-refractivity contribution in [1.29, 1.82) is 0 Å². The van der Waals surface area contributed by atoms with Gasteiger partial charge in [0.25, 0.3) is 5.91 Å². The molecule has 1 amide bonds. The maximum atomic E-state index is 12.3. The van der Waals surface area contributed by atoms with Gasteiger partial charge in [0.1, 0.15) is 0 Å². The topological polar surface area (TPSA) is 55.1 Å². The normalized spacial score (nSPS) is 11.9. The first-order valence-electron chi connectivity index (χ1n) is 6.40. The van der Waals surface area contributed by atoms with Crippen LogP contribution >= 0.6 is 15.9 Å². The van der Waals surface area contributed by atoms with Crippen molar-refractivity contribution in [2.24, 2.45) is 0 Å². The van der Waals surface area contributed by atoms with E-state index in [0.717, 1.165) is 15.6 Å². The Morgan fingerprint density at radius 3 is 2.60 bits per heavy atom. The van der Waals surface area contributed by atoms with Crippen LogP contribution in [0.5, 0.6) is 0 Å². The number of nitrogens with two attached hydrogens (primary N) is 1. The van der Waals surface area contributed by atoms with Gasteiger partial charge in [0, 0.05) is 15.7 Å². The average Bonchev–Trinajstić information content (AvgIpc) is 2.37. The van der Waals surface area contributed by atoms with Gasteiger partial charge in [0.2, 0.25) is 0 Å². The summed E-state index contributed by atoms with van der Waals surface area (Å²) in [6.45, 7) is 4.01. The molecule has 0 aliphatic rings. The lowest BCUT2D eigenvalue weighted by Gasteiger charge is -2.17. The van der Waals surface area contributed by atoms with Crippen LogP contribution in [0.4, 0.5) is 5.69 Å². The summed E-state index contributed by atoms with van der Waals surface area (Å²) in [7, 11) is 0. The predicted octanol–water partition coefficient (Wildman–Crippen LogP) is 3.83. The van der Waals surface area contributed by atoms with Crippen molar-refractivity contribution in [2.45, 2.75) is 19.9 Å². The highest BCUT2D eigenvalue weighted by atomic mass is 79.9. The van der Waals surface area contributed by atoms with E-state index in [0.29, 0.717) is 11.3 Å². The molecule has 0 saturated carbocycles. The second-order valence-corrected chi connectivity index (χ2v) is 5.74. The first kappa shape index (κ1) is 14.6. The molecule has 3 N–H and O–H groups in total. The Bertz CT molecular complexity index is 620. The summed E-state index contributed by atoms with van der Waals surface area (Å²) in [5, 5.41) is 2.99. The Labute approximate surface area is 127 Å². The lowest BCUT2D eigenvalue weighted by Crippen LogP contribution is -2.27. The minimum atomic E-state index is -0.131. The molecule has 4 heteroatoms. The second-order valence-electron chi connectivity index (χ2n) is 4.82. The van der Waals surface area contributed by atoms with Crippen LogP contribution in [0, 0.1) is 6.92 Å². The maximum absolute atomic E-state index is 12.3. The van der Waals surface area contributed by atoms with Crippen LogP contribution in [-0.2, 0) is 0 Å². The minimum Gasteiger partial charge on any atom is -0.399 e. The van der Waals surface area contributed by atoms with E-state index in [1.54, 1.807) is 18.2 Å². The molecule has 2 aromatic carbocycles. The molecule has 0 aromatic heterocycles. The van der Waals surface area contributed by atoms with Gasteiger partial charge < -0.3 is 11.1 Å². The number of hydrogen-bond donors (Lipinski definition) is 2. The monoisotopic (exact) mass is 332 g/mol. The zero-order chi connectivity index (χ0) is 14.7. The van der Waals surface area contributed by atoms with Crippen molar-refractivity contribution in [3.63, 3.8) is 0 Å². The van der Waals surface area contributed by atoms with Crippen LogP contribution < -0.4 is 11.1 Å². The molecule has 104 valence electrons. The Morgan fingerprint density at radius 1 is 1.25 bits per heavy atom. The quantitative estimate of drug-likeness (QED) is 0.839. The van der Waals surface area contributed by atoms with E-state index in [9.17, 15) is 4.79 Å². The van der Waals surface area contributed by atoms with E-state index in [1.807, 2.05) is 38.1 Å². The standard InChI is InChI=1S/C16H17BrN2O/c1-10-5-3-4-6-15(10)11(2)19-16(20)12-7-13(17)9-14(18)8-12/h3-9,11H,18H2,1-2H3,(H,19,20). The van der Waals surface area contributed by atoms with Gasteiger partial charge in [0.05, 0.1) is 6.04 Å². The molecular formula is C16H17BrN2O. The number of anilines is 1. The van der Waals surface area contributed by atoms with Crippen molar-refractivity contribution >= 4 is 27.5 Å².